The molecule has 0 spiro atoms. The van der Waals surface area contributed by atoms with E-state index in [1.165, 1.54) is 29.2 Å². The Labute approximate surface area is 160 Å². The summed E-state index contributed by atoms with van der Waals surface area (Å²) in [6.45, 7) is 0.645. The fourth-order valence-corrected chi connectivity index (χ4v) is 3.97. The first-order chi connectivity index (χ1) is 13.0. The molecule has 1 aromatic carbocycles. The number of hydrogen-bond acceptors (Lipinski definition) is 4. The molecule has 0 unspecified atom stereocenters. The van der Waals surface area contributed by atoms with Crippen molar-refractivity contribution in [2.75, 3.05) is 19.3 Å². The Morgan fingerprint density at radius 1 is 1.25 bits per heavy atom. The SMILES string of the molecule is CS(=O)(=O)N[C@@H]1CCCN(C(=O)c2ccc(-c3cccc(C(F)(F)F)c3)o2)C1. The third kappa shape index (κ3) is 4.93. The Balaban J connectivity index is 1.76. The molecule has 152 valence electrons. The topological polar surface area (TPSA) is 79.6 Å². The van der Waals surface area contributed by atoms with Gasteiger partial charge >= 0.3 is 6.18 Å². The van der Waals surface area contributed by atoms with Gasteiger partial charge in [0.25, 0.3) is 5.91 Å². The van der Waals surface area contributed by atoms with Gasteiger partial charge in [0.05, 0.1) is 11.8 Å². The van der Waals surface area contributed by atoms with Crippen molar-refractivity contribution < 1.29 is 30.8 Å². The molecule has 1 atom stereocenters. The van der Waals surface area contributed by atoms with E-state index in [0.717, 1.165) is 18.4 Å². The number of carbonyl (C=O) groups excluding carboxylic acids is 1. The maximum atomic E-state index is 12.9. The zero-order chi connectivity index (χ0) is 20.5. The summed E-state index contributed by atoms with van der Waals surface area (Å²) < 4.78 is 69.4. The molecular formula is C18H19F3N2O4S. The van der Waals surface area contributed by atoms with E-state index in [2.05, 4.69) is 4.72 Å². The lowest BCUT2D eigenvalue weighted by Crippen LogP contribution is -2.49. The number of piperidine rings is 1. The molecule has 0 radical (unpaired) electrons. The zero-order valence-electron chi connectivity index (χ0n) is 15.0. The van der Waals surface area contributed by atoms with E-state index >= 15 is 0 Å². The van der Waals surface area contributed by atoms with Crippen LogP contribution in [0.1, 0.15) is 29.0 Å². The Bertz CT molecular complexity index is 969. The molecule has 0 bridgehead atoms. The van der Waals surface area contributed by atoms with Crippen molar-refractivity contribution in [3.63, 3.8) is 0 Å². The quantitative estimate of drug-likeness (QED) is 0.831. The van der Waals surface area contributed by atoms with Gasteiger partial charge < -0.3 is 9.32 Å². The lowest BCUT2D eigenvalue weighted by atomic mass is 10.1. The molecule has 1 aliphatic heterocycles. The van der Waals surface area contributed by atoms with E-state index in [1.807, 2.05) is 0 Å². The van der Waals surface area contributed by atoms with Crippen LogP contribution in [0.15, 0.2) is 40.8 Å². The number of alkyl halides is 3. The molecule has 1 saturated heterocycles. The second kappa shape index (κ2) is 7.59. The van der Waals surface area contributed by atoms with Gasteiger partial charge in [-0.1, -0.05) is 12.1 Å². The molecule has 28 heavy (non-hydrogen) atoms. The lowest BCUT2D eigenvalue weighted by Gasteiger charge is -2.32. The molecule has 1 aliphatic rings. The van der Waals surface area contributed by atoms with Gasteiger partial charge in [-0.15, -0.1) is 0 Å². The smallest absolute Gasteiger partial charge is 0.416 e. The molecule has 0 saturated carbocycles. The number of nitrogens with one attached hydrogen (secondary N) is 1. The predicted molar refractivity (Wildman–Crippen MR) is 96.1 cm³/mol. The molecule has 1 N–H and O–H groups in total. The Morgan fingerprint density at radius 2 is 2.00 bits per heavy atom. The van der Waals surface area contributed by atoms with Gasteiger partial charge in [0.1, 0.15) is 5.76 Å². The van der Waals surface area contributed by atoms with Gasteiger partial charge in [-0.3, -0.25) is 4.79 Å². The lowest BCUT2D eigenvalue weighted by molar-refractivity contribution is -0.137. The van der Waals surface area contributed by atoms with Gasteiger partial charge in [-0.2, -0.15) is 13.2 Å². The highest BCUT2D eigenvalue weighted by Gasteiger charge is 2.31. The number of nitrogens with zero attached hydrogens (tertiary/aromatic N) is 1. The maximum Gasteiger partial charge on any atom is 0.416 e. The Kier molecular flexibility index (Phi) is 5.53. The molecule has 1 aromatic heterocycles. The molecule has 0 aliphatic carbocycles. The highest BCUT2D eigenvalue weighted by atomic mass is 32.2. The number of carbonyl (C=O) groups is 1. The van der Waals surface area contributed by atoms with Crippen molar-refractivity contribution in [3.05, 3.63) is 47.7 Å². The van der Waals surface area contributed by atoms with E-state index < -0.39 is 27.7 Å². The number of rotatable bonds is 4. The number of amides is 1. The highest BCUT2D eigenvalue weighted by molar-refractivity contribution is 7.88. The van der Waals surface area contributed by atoms with Crippen molar-refractivity contribution in [1.29, 1.82) is 0 Å². The average molecular weight is 416 g/mol. The zero-order valence-corrected chi connectivity index (χ0v) is 15.8. The minimum Gasteiger partial charge on any atom is -0.451 e. The van der Waals surface area contributed by atoms with Gasteiger partial charge in [-0.25, -0.2) is 13.1 Å². The number of halogens is 3. The van der Waals surface area contributed by atoms with Crippen molar-refractivity contribution in [2.45, 2.75) is 25.1 Å². The standard InChI is InChI=1S/C18H19F3N2O4S/c1-28(25,26)22-14-6-3-9-23(11-14)17(24)16-8-7-15(27-16)12-4-2-5-13(10-12)18(19,20)21/h2,4-5,7-8,10,14,22H,3,6,9,11H2,1H3/t14-/m1/s1. The van der Waals surface area contributed by atoms with Gasteiger partial charge in [-0.05, 0) is 37.1 Å². The molecule has 10 heteroatoms. The normalized spacial score (nSPS) is 18.3. The van der Waals surface area contributed by atoms with Crippen LogP contribution in [0.3, 0.4) is 0 Å². The minimum atomic E-state index is -4.48. The van der Waals surface area contributed by atoms with Gasteiger partial charge in [0, 0.05) is 24.7 Å². The molecule has 2 heterocycles. The second-order valence-electron chi connectivity index (χ2n) is 6.72. The molecule has 2 aromatic rings. The molecule has 6 nitrogen and oxygen atoms in total. The Morgan fingerprint density at radius 3 is 2.68 bits per heavy atom. The van der Waals surface area contributed by atoms with Crippen LogP contribution in [0.5, 0.6) is 0 Å². The van der Waals surface area contributed by atoms with Crippen LogP contribution in [0.4, 0.5) is 13.2 Å². The highest BCUT2D eigenvalue weighted by Crippen LogP contribution is 2.32. The summed E-state index contributed by atoms with van der Waals surface area (Å²) in [6, 6.07) is 7.13. The fraction of sp³-hybridized carbons (Fsp3) is 0.389. The number of furan rings is 1. The number of hydrogen-bond donors (Lipinski definition) is 1. The van der Waals surface area contributed by atoms with E-state index in [0.29, 0.717) is 19.4 Å². The van der Waals surface area contributed by atoms with Gasteiger partial charge in [0.15, 0.2) is 5.76 Å². The maximum absolute atomic E-state index is 12.9. The molecule has 3 rings (SSSR count). The first kappa shape index (κ1) is 20.4. The summed E-state index contributed by atoms with van der Waals surface area (Å²) >= 11 is 0. The van der Waals surface area contributed by atoms with Crippen LogP contribution in [-0.2, 0) is 16.2 Å². The summed E-state index contributed by atoms with van der Waals surface area (Å²) in [4.78, 5) is 14.1. The van der Waals surface area contributed by atoms with Crippen LogP contribution in [0, 0.1) is 0 Å². The number of likely N-dealkylation sites (tertiary alicyclic amines) is 1. The fourth-order valence-electron chi connectivity index (χ4n) is 3.17. The second-order valence-corrected chi connectivity index (χ2v) is 8.50. The van der Waals surface area contributed by atoms with E-state index in [9.17, 15) is 26.4 Å². The third-order valence-electron chi connectivity index (χ3n) is 4.38. The van der Waals surface area contributed by atoms with Crippen molar-refractivity contribution in [1.82, 2.24) is 9.62 Å². The number of benzene rings is 1. The van der Waals surface area contributed by atoms with Crippen LogP contribution >= 0.6 is 0 Å². The number of sulfonamides is 1. The molecule has 1 amide bonds. The summed E-state index contributed by atoms with van der Waals surface area (Å²) in [5.74, 6) is -0.289. The summed E-state index contributed by atoms with van der Waals surface area (Å²) in [5, 5.41) is 0. The molecule has 1 fully saturated rings. The van der Waals surface area contributed by atoms with Crippen molar-refractivity contribution in [3.8, 4) is 11.3 Å². The monoisotopic (exact) mass is 416 g/mol. The summed E-state index contributed by atoms with van der Waals surface area (Å²) in [5.41, 5.74) is -0.593. The van der Waals surface area contributed by atoms with E-state index in [4.69, 9.17) is 4.42 Å². The van der Waals surface area contributed by atoms with Crippen LogP contribution < -0.4 is 4.72 Å². The first-order valence-corrected chi connectivity index (χ1v) is 10.5. The van der Waals surface area contributed by atoms with Crippen LogP contribution in [0.2, 0.25) is 0 Å². The molecular weight excluding hydrogens is 397 g/mol. The van der Waals surface area contributed by atoms with Crippen LogP contribution in [-0.4, -0.2) is 44.6 Å². The van der Waals surface area contributed by atoms with Gasteiger partial charge in [0.2, 0.25) is 10.0 Å². The van der Waals surface area contributed by atoms with Crippen LogP contribution in [0.25, 0.3) is 11.3 Å². The summed E-state index contributed by atoms with van der Waals surface area (Å²) in [6.07, 6.45) is -2.18. The largest absolute Gasteiger partial charge is 0.451 e. The summed E-state index contributed by atoms with van der Waals surface area (Å²) in [7, 11) is -3.39. The predicted octanol–water partition coefficient (Wildman–Crippen LogP) is 3.12. The first-order valence-electron chi connectivity index (χ1n) is 8.57. The third-order valence-corrected chi connectivity index (χ3v) is 5.14. The van der Waals surface area contributed by atoms with E-state index in [1.54, 1.807) is 0 Å². The Hall–Kier alpha value is -2.33. The van der Waals surface area contributed by atoms with E-state index in [-0.39, 0.29) is 29.7 Å². The average Bonchev–Trinajstić information content (AvgIpc) is 3.09. The minimum absolute atomic E-state index is 0.00702. The van der Waals surface area contributed by atoms with Crippen molar-refractivity contribution in [2.24, 2.45) is 0 Å². The van der Waals surface area contributed by atoms with Crippen molar-refractivity contribution >= 4 is 15.9 Å².